The molecule has 0 aliphatic rings. The SMILES string of the molecule is CCc1occc1C(O)C(CN)c1cccs1. The highest BCUT2D eigenvalue weighted by Gasteiger charge is 2.25. The Hall–Kier alpha value is -1.10. The second-order valence-electron chi connectivity index (χ2n) is 3.96. The number of thiophene rings is 1. The Kier molecular flexibility index (Phi) is 3.99. The molecule has 2 atom stereocenters. The first-order valence-electron chi connectivity index (χ1n) is 5.75. The van der Waals surface area contributed by atoms with Gasteiger partial charge in [-0.1, -0.05) is 13.0 Å². The van der Waals surface area contributed by atoms with E-state index in [0.29, 0.717) is 6.54 Å². The molecule has 2 aromatic heterocycles. The Morgan fingerprint density at radius 1 is 1.47 bits per heavy atom. The maximum Gasteiger partial charge on any atom is 0.109 e. The van der Waals surface area contributed by atoms with Crippen LogP contribution in [0, 0.1) is 0 Å². The molecule has 0 bridgehead atoms. The Balaban J connectivity index is 2.26. The van der Waals surface area contributed by atoms with E-state index in [1.165, 1.54) is 0 Å². The summed E-state index contributed by atoms with van der Waals surface area (Å²) in [6.45, 7) is 2.44. The summed E-state index contributed by atoms with van der Waals surface area (Å²) in [5.74, 6) is 0.783. The zero-order valence-corrected chi connectivity index (χ0v) is 10.6. The zero-order valence-electron chi connectivity index (χ0n) is 9.80. The number of hydrogen-bond donors (Lipinski definition) is 2. The van der Waals surface area contributed by atoms with Crippen LogP contribution in [0.3, 0.4) is 0 Å². The molecule has 3 nitrogen and oxygen atoms in total. The highest BCUT2D eigenvalue weighted by atomic mass is 32.1. The fraction of sp³-hybridized carbons (Fsp3) is 0.385. The number of furan rings is 1. The fourth-order valence-corrected chi connectivity index (χ4v) is 2.89. The average Bonchev–Trinajstić information content (AvgIpc) is 3.00. The molecule has 92 valence electrons. The van der Waals surface area contributed by atoms with Crippen LogP contribution in [0.1, 0.15) is 35.1 Å². The van der Waals surface area contributed by atoms with E-state index < -0.39 is 6.10 Å². The maximum absolute atomic E-state index is 10.4. The van der Waals surface area contributed by atoms with Crippen molar-refractivity contribution >= 4 is 11.3 Å². The van der Waals surface area contributed by atoms with Gasteiger partial charge < -0.3 is 15.3 Å². The molecule has 0 aliphatic heterocycles. The maximum atomic E-state index is 10.4. The van der Waals surface area contributed by atoms with E-state index in [1.54, 1.807) is 17.6 Å². The van der Waals surface area contributed by atoms with Gasteiger partial charge in [0.25, 0.3) is 0 Å². The number of rotatable bonds is 5. The summed E-state index contributed by atoms with van der Waals surface area (Å²) in [6, 6.07) is 5.82. The van der Waals surface area contributed by atoms with Crippen molar-refractivity contribution in [1.29, 1.82) is 0 Å². The average molecular weight is 251 g/mol. The standard InChI is InChI=1S/C13H17NO2S/c1-2-11-9(5-6-16-11)13(15)10(8-14)12-4-3-7-17-12/h3-7,10,13,15H,2,8,14H2,1H3. The quantitative estimate of drug-likeness (QED) is 0.859. The lowest BCUT2D eigenvalue weighted by Gasteiger charge is -2.20. The minimum atomic E-state index is -0.590. The van der Waals surface area contributed by atoms with E-state index in [2.05, 4.69) is 0 Å². The van der Waals surface area contributed by atoms with Crippen molar-refractivity contribution in [1.82, 2.24) is 0 Å². The number of aryl methyl sites for hydroxylation is 1. The molecule has 2 unspecified atom stereocenters. The Morgan fingerprint density at radius 3 is 2.88 bits per heavy atom. The highest BCUT2D eigenvalue weighted by Crippen LogP contribution is 2.34. The molecule has 0 radical (unpaired) electrons. The summed E-state index contributed by atoms with van der Waals surface area (Å²) < 4.78 is 5.35. The number of hydrogen-bond acceptors (Lipinski definition) is 4. The van der Waals surface area contributed by atoms with Gasteiger partial charge in [-0.25, -0.2) is 0 Å². The molecule has 4 heteroatoms. The Labute approximate surface area is 105 Å². The van der Waals surface area contributed by atoms with Gasteiger partial charge >= 0.3 is 0 Å². The predicted octanol–water partition coefficient (Wildman–Crippen LogP) is 2.68. The summed E-state index contributed by atoms with van der Waals surface area (Å²) >= 11 is 1.62. The molecule has 3 N–H and O–H groups in total. The molecule has 0 aromatic carbocycles. The summed E-state index contributed by atoms with van der Waals surface area (Å²) in [4.78, 5) is 1.11. The smallest absolute Gasteiger partial charge is 0.109 e. The third-order valence-electron chi connectivity index (χ3n) is 2.96. The normalized spacial score (nSPS) is 14.8. The first kappa shape index (κ1) is 12.4. The third kappa shape index (κ3) is 2.44. The minimum absolute atomic E-state index is 0.0575. The molecule has 2 heterocycles. The van der Waals surface area contributed by atoms with Gasteiger partial charge in [-0.15, -0.1) is 11.3 Å². The van der Waals surface area contributed by atoms with Gasteiger partial charge in [0, 0.05) is 29.3 Å². The number of nitrogens with two attached hydrogens (primary N) is 1. The Bertz CT molecular complexity index is 450. The minimum Gasteiger partial charge on any atom is -0.469 e. The molecule has 17 heavy (non-hydrogen) atoms. The van der Waals surface area contributed by atoms with Crippen LogP contribution in [0.25, 0.3) is 0 Å². The van der Waals surface area contributed by atoms with Crippen molar-refractivity contribution in [3.8, 4) is 0 Å². The summed E-state index contributed by atoms with van der Waals surface area (Å²) in [6.07, 6.45) is 1.81. The lowest BCUT2D eigenvalue weighted by molar-refractivity contribution is 0.146. The first-order valence-corrected chi connectivity index (χ1v) is 6.63. The van der Waals surface area contributed by atoms with E-state index in [4.69, 9.17) is 10.2 Å². The first-order chi connectivity index (χ1) is 8.27. The van der Waals surface area contributed by atoms with E-state index in [9.17, 15) is 5.11 Å². The van der Waals surface area contributed by atoms with Crippen molar-refractivity contribution in [3.63, 3.8) is 0 Å². The molecule has 0 amide bonds. The molecule has 0 aliphatic carbocycles. The van der Waals surface area contributed by atoms with Crippen molar-refractivity contribution in [3.05, 3.63) is 46.0 Å². The molecule has 0 saturated carbocycles. The zero-order chi connectivity index (χ0) is 12.3. The van der Waals surface area contributed by atoms with Crippen molar-refractivity contribution in [2.24, 2.45) is 5.73 Å². The van der Waals surface area contributed by atoms with Crippen LogP contribution >= 0.6 is 11.3 Å². The van der Waals surface area contributed by atoms with Gasteiger partial charge in [0.2, 0.25) is 0 Å². The molecule has 0 saturated heterocycles. The van der Waals surface area contributed by atoms with Gasteiger partial charge in [0.15, 0.2) is 0 Å². The summed E-state index contributed by atoms with van der Waals surface area (Å²) in [5, 5.41) is 12.4. The molecule has 0 fully saturated rings. The van der Waals surface area contributed by atoms with E-state index in [0.717, 1.165) is 22.6 Å². The van der Waals surface area contributed by atoms with E-state index in [-0.39, 0.29) is 5.92 Å². The van der Waals surface area contributed by atoms with Crippen LogP contribution in [0.5, 0.6) is 0 Å². The van der Waals surface area contributed by atoms with E-state index in [1.807, 2.05) is 30.5 Å². The van der Waals surface area contributed by atoms with Crippen LogP contribution in [0.4, 0.5) is 0 Å². The van der Waals surface area contributed by atoms with Crippen molar-refractivity contribution in [2.45, 2.75) is 25.4 Å². The van der Waals surface area contributed by atoms with Crippen LogP contribution < -0.4 is 5.73 Å². The van der Waals surface area contributed by atoms with Gasteiger partial charge in [0.05, 0.1) is 12.4 Å². The van der Waals surface area contributed by atoms with Gasteiger partial charge in [-0.3, -0.25) is 0 Å². The second kappa shape index (κ2) is 5.49. The van der Waals surface area contributed by atoms with Gasteiger partial charge in [-0.05, 0) is 17.5 Å². The van der Waals surface area contributed by atoms with Gasteiger partial charge in [-0.2, -0.15) is 0 Å². The fourth-order valence-electron chi connectivity index (χ4n) is 2.02. The van der Waals surface area contributed by atoms with Gasteiger partial charge in [0.1, 0.15) is 5.76 Å². The molecular formula is C13H17NO2S. The molecule has 2 aromatic rings. The second-order valence-corrected chi connectivity index (χ2v) is 4.93. The molecular weight excluding hydrogens is 234 g/mol. The highest BCUT2D eigenvalue weighted by molar-refractivity contribution is 7.10. The third-order valence-corrected chi connectivity index (χ3v) is 3.97. The largest absolute Gasteiger partial charge is 0.469 e. The van der Waals surface area contributed by atoms with Crippen LogP contribution in [-0.2, 0) is 6.42 Å². The van der Waals surface area contributed by atoms with Crippen LogP contribution in [0.2, 0.25) is 0 Å². The lowest BCUT2D eigenvalue weighted by atomic mass is 9.94. The summed E-state index contributed by atoms with van der Waals surface area (Å²) in [7, 11) is 0. The van der Waals surface area contributed by atoms with Crippen LogP contribution in [0.15, 0.2) is 34.3 Å². The van der Waals surface area contributed by atoms with Crippen LogP contribution in [-0.4, -0.2) is 11.7 Å². The topological polar surface area (TPSA) is 59.4 Å². The molecule has 2 rings (SSSR count). The summed E-state index contributed by atoms with van der Waals surface area (Å²) in [5.41, 5.74) is 6.64. The molecule has 0 spiro atoms. The Morgan fingerprint density at radius 2 is 2.29 bits per heavy atom. The monoisotopic (exact) mass is 251 g/mol. The van der Waals surface area contributed by atoms with Crippen molar-refractivity contribution in [2.75, 3.05) is 6.54 Å². The number of aliphatic hydroxyl groups is 1. The number of aliphatic hydroxyl groups excluding tert-OH is 1. The lowest BCUT2D eigenvalue weighted by Crippen LogP contribution is -2.19. The van der Waals surface area contributed by atoms with Crippen molar-refractivity contribution < 1.29 is 9.52 Å². The predicted molar refractivity (Wildman–Crippen MR) is 69.2 cm³/mol. The van der Waals surface area contributed by atoms with E-state index >= 15 is 0 Å².